The van der Waals surface area contributed by atoms with Crippen LogP contribution in [0.25, 0.3) is 0 Å². The van der Waals surface area contributed by atoms with E-state index >= 15 is 0 Å². The number of likely N-dealkylation sites (tertiary alicyclic amines) is 1. The van der Waals surface area contributed by atoms with E-state index in [0.717, 1.165) is 32.1 Å². The van der Waals surface area contributed by atoms with E-state index in [1.165, 1.54) is 21.7 Å². The third-order valence-corrected chi connectivity index (χ3v) is 5.13. The van der Waals surface area contributed by atoms with Gasteiger partial charge in [0, 0.05) is 18.7 Å². The van der Waals surface area contributed by atoms with Gasteiger partial charge < -0.3 is 10.0 Å². The van der Waals surface area contributed by atoms with Crippen LogP contribution < -0.4 is 5.56 Å². The van der Waals surface area contributed by atoms with Crippen LogP contribution in [0.2, 0.25) is 0 Å². The van der Waals surface area contributed by atoms with Gasteiger partial charge in [0.15, 0.2) is 0 Å². The lowest BCUT2D eigenvalue weighted by atomic mass is 9.84. The second-order valence-electron chi connectivity index (χ2n) is 6.69. The van der Waals surface area contributed by atoms with E-state index in [9.17, 15) is 19.5 Å². The van der Waals surface area contributed by atoms with Crippen LogP contribution in [0.1, 0.15) is 55.9 Å². The summed E-state index contributed by atoms with van der Waals surface area (Å²) in [6.07, 6.45) is 5.17. The van der Waals surface area contributed by atoms with Gasteiger partial charge in [0.25, 0.3) is 11.5 Å². The second-order valence-corrected chi connectivity index (χ2v) is 6.69. The maximum absolute atomic E-state index is 13.0. The highest BCUT2D eigenvalue weighted by molar-refractivity contribution is 5.95. The number of carboxylic acids is 1. The first-order chi connectivity index (χ1) is 11.5. The molecule has 1 amide bonds. The molecule has 130 valence electrons. The van der Waals surface area contributed by atoms with Crippen LogP contribution >= 0.6 is 0 Å². The van der Waals surface area contributed by atoms with Crippen molar-refractivity contribution >= 4 is 11.9 Å². The third-order valence-electron chi connectivity index (χ3n) is 5.13. The number of nitrogens with zero attached hydrogens (tertiary/aromatic N) is 3. The summed E-state index contributed by atoms with van der Waals surface area (Å²) in [4.78, 5) is 37.9. The van der Waals surface area contributed by atoms with Crippen LogP contribution in [-0.4, -0.2) is 43.7 Å². The fraction of sp³-hybridized carbons (Fsp3) is 0.647. The number of hydrogen-bond acceptors (Lipinski definition) is 4. The number of carboxylic acid groups (broad SMARTS) is 1. The topological polar surface area (TPSA) is 92.5 Å². The number of carbonyl (C=O) groups excluding carboxylic acids is 1. The van der Waals surface area contributed by atoms with Gasteiger partial charge in [-0.2, -0.15) is 5.10 Å². The van der Waals surface area contributed by atoms with Crippen LogP contribution in [0, 0.1) is 5.92 Å². The largest absolute Gasteiger partial charge is 0.480 e. The van der Waals surface area contributed by atoms with E-state index in [1.54, 1.807) is 0 Å². The quantitative estimate of drug-likeness (QED) is 0.901. The minimum atomic E-state index is -0.959. The molecule has 3 atom stereocenters. The monoisotopic (exact) mass is 333 g/mol. The van der Waals surface area contributed by atoms with Crippen molar-refractivity contribution < 1.29 is 14.7 Å². The lowest BCUT2D eigenvalue weighted by Crippen LogP contribution is -2.46. The molecule has 2 fully saturated rings. The molecule has 0 unspecified atom stereocenters. The number of fused-ring (bicyclic) bond motifs is 1. The van der Waals surface area contributed by atoms with Crippen molar-refractivity contribution in [2.24, 2.45) is 5.92 Å². The molecule has 1 aromatic heterocycles. The van der Waals surface area contributed by atoms with E-state index < -0.39 is 12.0 Å². The molecule has 1 saturated carbocycles. The molecule has 3 rings (SSSR count). The van der Waals surface area contributed by atoms with Gasteiger partial charge in [-0.3, -0.25) is 9.59 Å². The Morgan fingerprint density at radius 3 is 2.75 bits per heavy atom. The van der Waals surface area contributed by atoms with Crippen molar-refractivity contribution in [1.82, 2.24) is 14.7 Å². The SMILES string of the molecule is CCCn1nc(C(=O)N2[C@H](C(=O)O)C[C@H]3CCCC[C@@H]32)ccc1=O. The second kappa shape index (κ2) is 6.75. The molecular weight excluding hydrogens is 310 g/mol. The molecule has 1 aliphatic carbocycles. The zero-order valence-corrected chi connectivity index (χ0v) is 13.9. The maximum Gasteiger partial charge on any atom is 0.326 e. The first-order valence-corrected chi connectivity index (χ1v) is 8.66. The molecule has 2 aliphatic rings. The number of rotatable bonds is 4. The Bertz CT molecular complexity index is 699. The molecule has 7 nitrogen and oxygen atoms in total. The van der Waals surface area contributed by atoms with Crippen LogP contribution in [0.3, 0.4) is 0 Å². The average molecular weight is 333 g/mol. The normalized spacial score (nSPS) is 26.2. The summed E-state index contributed by atoms with van der Waals surface area (Å²) in [6.45, 7) is 2.37. The molecule has 1 saturated heterocycles. The zero-order valence-electron chi connectivity index (χ0n) is 13.9. The van der Waals surface area contributed by atoms with Crippen molar-refractivity contribution in [2.75, 3.05) is 0 Å². The highest BCUT2D eigenvalue weighted by Gasteiger charge is 2.48. The molecule has 0 spiro atoms. The van der Waals surface area contributed by atoms with Gasteiger partial charge in [0.2, 0.25) is 0 Å². The van der Waals surface area contributed by atoms with Crippen LogP contribution in [-0.2, 0) is 11.3 Å². The van der Waals surface area contributed by atoms with Crippen molar-refractivity contribution in [3.8, 4) is 0 Å². The first-order valence-electron chi connectivity index (χ1n) is 8.66. The van der Waals surface area contributed by atoms with E-state index in [1.807, 2.05) is 6.92 Å². The lowest BCUT2D eigenvalue weighted by Gasteiger charge is -2.32. The van der Waals surface area contributed by atoms with Gasteiger partial charge in [0.1, 0.15) is 11.7 Å². The average Bonchev–Trinajstić information content (AvgIpc) is 2.96. The molecule has 1 aliphatic heterocycles. The summed E-state index contributed by atoms with van der Waals surface area (Å²) in [5, 5.41) is 13.7. The summed E-state index contributed by atoms with van der Waals surface area (Å²) < 4.78 is 1.28. The fourth-order valence-electron chi connectivity index (χ4n) is 4.04. The summed E-state index contributed by atoms with van der Waals surface area (Å²) >= 11 is 0. The molecule has 0 aromatic carbocycles. The molecule has 0 radical (unpaired) electrons. The lowest BCUT2D eigenvalue weighted by molar-refractivity contribution is -0.141. The minimum Gasteiger partial charge on any atom is -0.480 e. The molecule has 2 heterocycles. The summed E-state index contributed by atoms with van der Waals surface area (Å²) in [7, 11) is 0. The summed E-state index contributed by atoms with van der Waals surface area (Å²) in [5.41, 5.74) is -0.0966. The van der Waals surface area contributed by atoms with Crippen molar-refractivity contribution in [3.63, 3.8) is 0 Å². The molecular formula is C17H23N3O4. The Balaban J connectivity index is 1.93. The van der Waals surface area contributed by atoms with Crippen LogP contribution in [0.4, 0.5) is 0 Å². The van der Waals surface area contributed by atoms with Gasteiger partial charge in [0.05, 0.1) is 0 Å². The van der Waals surface area contributed by atoms with Crippen LogP contribution in [0.5, 0.6) is 0 Å². The van der Waals surface area contributed by atoms with Gasteiger partial charge in [-0.05, 0) is 37.7 Å². The number of carbonyl (C=O) groups is 2. The molecule has 7 heteroatoms. The van der Waals surface area contributed by atoms with Crippen molar-refractivity contribution in [3.05, 3.63) is 28.2 Å². The predicted molar refractivity (Wildman–Crippen MR) is 86.7 cm³/mol. The highest BCUT2D eigenvalue weighted by Crippen LogP contribution is 2.40. The summed E-state index contributed by atoms with van der Waals surface area (Å²) in [5.74, 6) is -1.08. The third kappa shape index (κ3) is 2.95. The Kier molecular flexibility index (Phi) is 4.69. The smallest absolute Gasteiger partial charge is 0.326 e. The van der Waals surface area contributed by atoms with E-state index in [0.29, 0.717) is 13.0 Å². The van der Waals surface area contributed by atoms with E-state index in [2.05, 4.69) is 5.10 Å². The number of aryl methyl sites for hydroxylation is 1. The van der Waals surface area contributed by atoms with E-state index in [4.69, 9.17) is 0 Å². The molecule has 24 heavy (non-hydrogen) atoms. The zero-order chi connectivity index (χ0) is 17.3. The minimum absolute atomic E-state index is 0.0271. The number of amides is 1. The van der Waals surface area contributed by atoms with Gasteiger partial charge in [-0.1, -0.05) is 19.8 Å². The van der Waals surface area contributed by atoms with Crippen molar-refractivity contribution in [2.45, 2.75) is 64.1 Å². The van der Waals surface area contributed by atoms with Gasteiger partial charge in [-0.25, -0.2) is 9.48 Å². The number of hydrogen-bond donors (Lipinski definition) is 1. The van der Waals surface area contributed by atoms with Gasteiger partial charge >= 0.3 is 5.97 Å². The maximum atomic E-state index is 13.0. The highest BCUT2D eigenvalue weighted by atomic mass is 16.4. The standard InChI is InChI=1S/C17H23N3O4/c1-2-9-19-15(21)8-7-12(18-19)16(22)20-13-6-4-3-5-11(13)10-14(20)17(23)24/h7-8,11,13-14H,2-6,9-10H2,1H3,(H,23,24)/t11-,13+,14+/m1/s1. The van der Waals surface area contributed by atoms with E-state index in [-0.39, 0.29) is 29.1 Å². The van der Waals surface area contributed by atoms with Crippen LogP contribution in [0.15, 0.2) is 16.9 Å². The molecule has 1 aromatic rings. The first kappa shape index (κ1) is 16.7. The molecule has 0 bridgehead atoms. The Hall–Kier alpha value is -2.18. The van der Waals surface area contributed by atoms with Crippen molar-refractivity contribution in [1.29, 1.82) is 0 Å². The predicted octanol–water partition coefficient (Wildman–Crippen LogP) is 1.51. The number of aromatic nitrogens is 2. The Morgan fingerprint density at radius 2 is 2.04 bits per heavy atom. The molecule has 1 N–H and O–H groups in total. The summed E-state index contributed by atoms with van der Waals surface area (Å²) in [6, 6.07) is 1.92. The fourth-order valence-corrected chi connectivity index (χ4v) is 4.04. The van der Waals surface area contributed by atoms with Gasteiger partial charge in [-0.15, -0.1) is 0 Å². The number of aliphatic carboxylic acids is 1. The Morgan fingerprint density at radius 1 is 1.29 bits per heavy atom. The Labute approximate surface area is 140 Å².